The van der Waals surface area contributed by atoms with E-state index in [1.807, 2.05) is 12.1 Å². The van der Waals surface area contributed by atoms with Crippen molar-refractivity contribution in [3.63, 3.8) is 0 Å². The van der Waals surface area contributed by atoms with Crippen molar-refractivity contribution in [1.82, 2.24) is 0 Å². The number of hydrogen-bond donors (Lipinski definition) is 1. The molecule has 0 spiro atoms. The summed E-state index contributed by atoms with van der Waals surface area (Å²) in [6, 6.07) is 14.0. The van der Waals surface area contributed by atoms with Crippen molar-refractivity contribution in [3.05, 3.63) is 54.1 Å². The van der Waals surface area contributed by atoms with E-state index in [9.17, 15) is 9.59 Å². The molecule has 2 unspecified atom stereocenters. The van der Waals surface area contributed by atoms with Crippen LogP contribution in [0.1, 0.15) is 24.2 Å². The molecule has 1 aliphatic rings. The molecule has 1 aliphatic heterocycles. The van der Waals surface area contributed by atoms with Crippen LogP contribution in [-0.2, 0) is 4.79 Å². The molecular weight excluding hydrogens is 294 g/mol. The molecule has 1 N–H and O–H groups in total. The zero-order valence-corrected chi connectivity index (χ0v) is 12.9. The van der Waals surface area contributed by atoms with Crippen molar-refractivity contribution in [1.29, 1.82) is 0 Å². The standard InChI is InChI=1S/C18H17NO4/c1-11(20)13-6-5-7-14(10-13)19-18(21)17-12(2)22-15-8-3-4-9-16(15)23-17/h3-10,12,17H,1-2H3,(H,19,21). The van der Waals surface area contributed by atoms with E-state index in [1.165, 1.54) is 6.92 Å². The molecule has 23 heavy (non-hydrogen) atoms. The minimum absolute atomic E-state index is 0.0550. The predicted octanol–water partition coefficient (Wildman–Crippen LogP) is 3.06. The number of ether oxygens (including phenoxy) is 2. The van der Waals surface area contributed by atoms with E-state index in [2.05, 4.69) is 5.32 Å². The molecule has 0 radical (unpaired) electrons. The minimum atomic E-state index is -0.758. The van der Waals surface area contributed by atoms with Gasteiger partial charge in [-0.3, -0.25) is 9.59 Å². The molecule has 0 aromatic heterocycles. The zero-order chi connectivity index (χ0) is 16.4. The highest BCUT2D eigenvalue weighted by Crippen LogP contribution is 2.33. The average Bonchev–Trinajstić information content (AvgIpc) is 2.54. The molecule has 5 nitrogen and oxygen atoms in total. The van der Waals surface area contributed by atoms with Gasteiger partial charge in [0, 0.05) is 11.3 Å². The first kappa shape index (κ1) is 15.1. The molecule has 0 aliphatic carbocycles. The number of rotatable bonds is 3. The number of amides is 1. The number of benzene rings is 2. The van der Waals surface area contributed by atoms with Gasteiger partial charge in [-0.2, -0.15) is 0 Å². The SMILES string of the molecule is CC(=O)c1cccc(NC(=O)C2Oc3ccccc3OC2C)c1. The van der Waals surface area contributed by atoms with Crippen LogP contribution in [0.4, 0.5) is 5.69 Å². The van der Waals surface area contributed by atoms with Crippen LogP contribution in [0.2, 0.25) is 0 Å². The Hall–Kier alpha value is -2.82. The molecule has 1 heterocycles. The fourth-order valence-electron chi connectivity index (χ4n) is 2.44. The minimum Gasteiger partial charge on any atom is -0.482 e. The third kappa shape index (κ3) is 3.18. The van der Waals surface area contributed by atoms with Gasteiger partial charge in [-0.1, -0.05) is 24.3 Å². The van der Waals surface area contributed by atoms with E-state index in [1.54, 1.807) is 43.3 Å². The topological polar surface area (TPSA) is 64.6 Å². The number of ketones is 1. The highest BCUT2D eigenvalue weighted by molar-refractivity contribution is 5.98. The number of hydrogen-bond acceptors (Lipinski definition) is 4. The largest absolute Gasteiger partial charge is 0.482 e. The van der Waals surface area contributed by atoms with Gasteiger partial charge < -0.3 is 14.8 Å². The fraction of sp³-hybridized carbons (Fsp3) is 0.222. The van der Waals surface area contributed by atoms with E-state index in [0.717, 1.165) is 0 Å². The van der Waals surface area contributed by atoms with Gasteiger partial charge in [0.25, 0.3) is 5.91 Å². The first-order valence-corrected chi connectivity index (χ1v) is 7.39. The summed E-state index contributed by atoms with van der Waals surface area (Å²) in [5, 5.41) is 2.77. The Morgan fingerprint density at radius 1 is 1.00 bits per heavy atom. The molecule has 0 fully saturated rings. The average molecular weight is 311 g/mol. The normalized spacial score (nSPS) is 19.0. The van der Waals surface area contributed by atoms with E-state index in [4.69, 9.17) is 9.47 Å². The molecule has 5 heteroatoms. The van der Waals surface area contributed by atoms with Gasteiger partial charge in [-0.25, -0.2) is 0 Å². The highest BCUT2D eigenvalue weighted by Gasteiger charge is 2.34. The molecule has 118 valence electrons. The second-order valence-corrected chi connectivity index (χ2v) is 5.43. The maximum atomic E-state index is 12.5. The Morgan fingerprint density at radius 2 is 1.70 bits per heavy atom. The Balaban J connectivity index is 1.76. The zero-order valence-electron chi connectivity index (χ0n) is 12.9. The van der Waals surface area contributed by atoms with Crippen molar-refractivity contribution in [2.24, 2.45) is 0 Å². The Labute approximate surface area is 134 Å². The van der Waals surface area contributed by atoms with Crippen molar-refractivity contribution < 1.29 is 19.1 Å². The van der Waals surface area contributed by atoms with Gasteiger partial charge in [0.05, 0.1) is 0 Å². The molecule has 0 saturated carbocycles. The lowest BCUT2D eigenvalue weighted by molar-refractivity contribution is -0.128. The van der Waals surface area contributed by atoms with Gasteiger partial charge in [-0.05, 0) is 38.1 Å². The second-order valence-electron chi connectivity index (χ2n) is 5.43. The van der Waals surface area contributed by atoms with Crippen molar-refractivity contribution in [3.8, 4) is 11.5 Å². The van der Waals surface area contributed by atoms with Crippen LogP contribution in [0.15, 0.2) is 48.5 Å². The van der Waals surface area contributed by atoms with Gasteiger partial charge in [-0.15, -0.1) is 0 Å². The number of para-hydroxylation sites is 2. The first-order valence-electron chi connectivity index (χ1n) is 7.39. The molecule has 2 aromatic carbocycles. The van der Waals surface area contributed by atoms with E-state index in [0.29, 0.717) is 22.7 Å². The number of nitrogens with one attached hydrogen (secondary N) is 1. The smallest absolute Gasteiger partial charge is 0.269 e. The third-order valence-electron chi connectivity index (χ3n) is 3.64. The lowest BCUT2D eigenvalue weighted by atomic mass is 10.1. The summed E-state index contributed by atoms with van der Waals surface area (Å²) < 4.78 is 11.5. The summed E-state index contributed by atoms with van der Waals surface area (Å²) in [5.74, 6) is 0.805. The summed E-state index contributed by atoms with van der Waals surface area (Å²) >= 11 is 0. The number of carbonyl (C=O) groups excluding carboxylic acids is 2. The van der Waals surface area contributed by atoms with Crippen molar-refractivity contribution in [2.45, 2.75) is 26.1 Å². The first-order chi connectivity index (χ1) is 11.0. The molecule has 2 aromatic rings. The van der Waals surface area contributed by atoms with E-state index in [-0.39, 0.29) is 11.7 Å². The lowest BCUT2D eigenvalue weighted by Crippen LogP contribution is -2.46. The van der Waals surface area contributed by atoms with E-state index < -0.39 is 12.2 Å². The Kier molecular flexibility index (Phi) is 4.02. The van der Waals surface area contributed by atoms with Gasteiger partial charge in [0.2, 0.25) is 6.10 Å². The number of carbonyl (C=O) groups is 2. The van der Waals surface area contributed by atoms with Gasteiger partial charge in [0.1, 0.15) is 6.10 Å². The number of fused-ring (bicyclic) bond motifs is 1. The summed E-state index contributed by atoms with van der Waals surface area (Å²) in [4.78, 5) is 23.9. The number of Topliss-reactive ketones (excluding diaryl/α,β-unsaturated/α-hetero) is 1. The summed E-state index contributed by atoms with van der Waals surface area (Å²) in [6.45, 7) is 3.27. The van der Waals surface area contributed by atoms with Crippen LogP contribution in [0.3, 0.4) is 0 Å². The summed E-state index contributed by atoms with van der Waals surface area (Å²) in [5.41, 5.74) is 1.10. The third-order valence-corrected chi connectivity index (χ3v) is 3.64. The molecule has 0 saturated heterocycles. The quantitative estimate of drug-likeness (QED) is 0.885. The van der Waals surface area contributed by atoms with Crippen LogP contribution in [0, 0.1) is 0 Å². The van der Waals surface area contributed by atoms with Crippen molar-refractivity contribution in [2.75, 3.05) is 5.32 Å². The van der Waals surface area contributed by atoms with Crippen LogP contribution in [0.5, 0.6) is 11.5 Å². The maximum Gasteiger partial charge on any atom is 0.269 e. The second kappa shape index (κ2) is 6.12. The van der Waals surface area contributed by atoms with Gasteiger partial charge >= 0.3 is 0 Å². The fourth-order valence-corrected chi connectivity index (χ4v) is 2.44. The molecule has 0 bridgehead atoms. The van der Waals surface area contributed by atoms with Crippen LogP contribution in [-0.4, -0.2) is 23.9 Å². The summed E-state index contributed by atoms with van der Waals surface area (Å²) in [6.07, 6.45) is -1.17. The molecule has 3 rings (SSSR count). The molecule has 2 atom stereocenters. The molecular formula is C18H17NO4. The van der Waals surface area contributed by atoms with Crippen LogP contribution < -0.4 is 14.8 Å². The van der Waals surface area contributed by atoms with Crippen LogP contribution in [0.25, 0.3) is 0 Å². The Morgan fingerprint density at radius 3 is 2.39 bits per heavy atom. The Bertz CT molecular complexity index is 756. The van der Waals surface area contributed by atoms with Gasteiger partial charge in [0.15, 0.2) is 17.3 Å². The lowest BCUT2D eigenvalue weighted by Gasteiger charge is -2.31. The van der Waals surface area contributed by atoms with Crippen molar-refractivity contribution >= 4 is 17.4 Å². The monoisotopic (exact) mass is 311 g/mol. The maximum absolute atomic E-state index is 12.5. The molecule has 1 amide bonds. The van der Waals surface area contributed by atoms with Crippen LogP contribution >= 0.6 is 0 Å². The summed E-state index contributed by atoms with van der Waals surface area (Å²) in [7, 11) is 0. The predicted molar refractivity (Wildman–Crippen MR) is 86.0 cm³/mol. The highest BCUT2D eigenvalue weighted by atomic mass is 16.6. The number of anilines is 1. The van der Waals surface area contributed by atoms with E-state index >= 15 is 0 Å².